The van der Waals surface area contributed by atoms with Crippen molar-refractivity contribution in [1.29, 1.82) is 0 Å². The highest BCUT2D eigenvalue weighted by Crippen LogP contribution is 2.35. The Bertz CT molecular complexity index is 1120. The van der Waals surface area contributed by atoms with Gasteiger partial charge in [-0.1, -0.05) is 59.4 Å². The van der Waals surface area contributed by atoms with Crippen LogP contribution >= 0.6 is 34.8 Å². The lowest BCUT2D eigenvalue weighted by Gasteiger charge is -2.47. The normalized spacial score (nSPS) is 24.3. The number of carboxylic acid groups (broad SMARTS) is 1. The molecule has 0 saturated carbocycles. The smallest absolute Gasteiger partial charge is 0.438 e. The Morgan fingerprint density at radius 2 is 1.67 bits per heavy atom. The number of amides is 1. The number of hydrogen-bond donors (Lipinski definition) is 1. The maximum atomic E-state index is 13.0. The molecule has 36 heavy (non-hydrogen) atoms. The van der Waals surface area contributed by atoms with E-state index in [0.717, 1.165) is 11.1 Å². The monoisotopic (exact) mass is 557 g/mol. The number of halogens is 3. The number of carboxylic acids is 1. The molecule has 0 radical (unpaired) electrons. The molecular weight excluding hydrogens is 537 g/mol. The summed E-state index contributed by atoms with van der Waals surface area (Å²) in [6.45, 7) is -0.215. The molecule has 2 aliphatic heterocycles. The number of hydrogen-bond acceptors (Lipinski definition) is 8. The molecule has 13 heteroatoms. The number of carbonyl (C=O) groups is 3. The summed E-state index contributed by atoms with van der Waals surface area (Å²) in [5.74, 6) is -2.60. The predicted molar refractivity (Wildman–Crippen MR) is 125 cm³/mol. The Balaban J connectivity index is 1.64. The number of rotatable bonds is 6. The minimum Gasteiger partial charge on any atom is -0.543 e. The first-order valence-corrected chi connectivity index (χ1v) is 12.0. The van der Waals surface area contributed by atoms with Crippen molar-refractivity contribution in [2.75, 3.05) is 6.54 Å². The van der Waals surface area contributed by atoms with Gasteiger partial charge in [-0.2, -0.15) is 10.3 Å². The van der Waals surface area contributed by atoms with E-state index in [4.69, 9.17) is 44.4 Å². The first-order valence-electron chi connectivity index (χ1n) is 10.9. The summed E-state index contributed by atoms with van der Waals surface area (Å²) < 4.78 is 1.05. The SMILES string of the molecule is O=C([O-])[C@@H]1C(=O)C[C@@H](N(OCc2ccccc2)C(=O)OC(Cl)(Cl)Cl)C[N+]1(O)N1Cc2ccccc2C1. The largest absolute Gasteiger partial charge is 0.543 e. The average molecular weight is 559 g/mol. The topological polar surface area (TPSA) is 119 Å². The molecule has 192 valence electrons. The first kappa shape index (κ1) is 26.6. The van der Waals surface area contributed by atoms with E-state index in [-0.39, 0.29) is 19.7 Å². The minimum absolute atomic E-state index is 0.120. The first-order chi connectivity index (χ1) is 17.0. The number of nitrogens with zero attached hydrogens (tertiary/aromatic N) is 3. The van der Waals surface area contributed by atoms with E-state index in [2.05, 4.69) is 0 Å². The summed E-state index contributed by atoms with van der Waals surface area (Å²) in [5.41, 5.74) is 2.41. The van der Waals surface area contributed by atoms with Crippen LogP contribution in [0.3, 0.4) is 0 Å². The number of piperidine rings is 1. The van der Waals surface area contributed by atoms with Crippen molar-refractivity contribution in [3.63, 3.8) is 0 Å². The second-order valence-corrected chi connectivity index (χ2v) is 10.7. The van der Waals surface area contributed by atoms with Crippen molar-refractivity contribution < 1.29 is 39.0 Å². The highest BCUT2D eigenvalue weighted by atomic mass is 35.6. The summed E-state index contributed by atoms with van der Waals surface area (Å²) >= 11 is 16.9. The van der Waals surface area contributed by atoms with Crippen molar-refractivity contribution in [3.8, 4) is 0 Å². The van der Waals surface area contributed by atoms with Gasteiger partial charge in [-0.25, -0.2) is 4.79 Å². The zero-order chi connectivity index (χ0) is 26.1. The molecule has 4 rings (SSSR count). The predicted octanol–water partition coefficient (Wildman–Crippen LogP) is 2.48. The molecule has 2 aliphatic rings. The third-order valence-electron chi connectivity index (χ3n) is 6.10. The van der Waals surface area contributed by atoms with Gasteiger partial charge in [-0.15, -0.1) is 5.01 Å². The standard InChI is InChI=1S/C23H22Cl3N3O7/c24-23(25,26)36-22(33)28(35-14-15-6-2-1-3-7-15)18-10-19(30)20(21(31)32)29(34,13-18)27-11-16-8-4-5-9-17(16)12-27/h1-9,18,20,34H,10-14H2/t18-,20+,29?/m1/s1. The van der Waals surface area contributed by atoms with Gasteiger partial charge in [0.15, 0.2) is 6.54 Å². The van der Waals surface area contributed by atoms with Gasteiger partial charge in [0.1, 0.15) is 18.6 Å². The van der Waals surface area contributed by atoms with Crippen LogP contribution in [0.2, 0.25) is 0 Å². The maximum absolute atomic E-state index is 13.0. The third kappa shape index (κ3) is 5.76. The zero-order valence-corrected chi connectivity index (χ0v) is 21.0. The fraction of sp³-hybridized carbons (Fsp3) is 0.348. The van der Waals surface area contributed by atoms with Gasteiger partial charge in [0.25, 0.3) is 0 Å². The molecule has 1 saturated heterocycles. The van der Waals surface area contributed by atoms with E-state index in [1.165, 1.54) is 5.01 Å². The van der Waals surface area contributed by atoms with Crippen LogP contribution in [-0.2, 0) is 38.9 Å². The Morgan fingerprint density at radius 3 is 2.22 bits per heavy atom. The molecule has 0 bridgehead atoms. The lowest BCUT2D eigenvalue weighted by molar-refractivity contribution is -1.20. The second kappa shape index (κ2) is 10.5. The van der Waals surface area contributed by atoms with Crippen LogP contribution in [-0.4, -0.2) is 60.5 Å². The van der Waals surface area contributed by atoms with Crippen LogP contribution in [0.4, 0.5) is 4.79 Å². The Labute approximate surface area is 221 Å². The molecule has 2 heterocycles. The van der Waals surface area contributed by atoms with E-state index in [1.54, 1.807) is 30.3 Å². The van der Waals surface area contributed by atoms with E-state index in [1.807, 2.05) is 24.3 Å². The fourth-order valence-electron chi connectivity index (χ4n) is 4.52. The highest BCUT2D eigenvalue weighted by molar-refractivity contribution is 6.66. The summed E-state index contributed by atoms with van der Waals surface area (Å²) in [5, 5.41) is 25.8. The molecule has 1 unspecified atom stereocenters. The summed E-state index contributed by atoms with van der Waals surface area (Å²) in [4.78, 5) is 43.6. The summed E-state index contributed by atoms with van der Waals surface area (Å²) in [7, 11) is 0. The van der Waals surface area contributed by atoms with E-state index < -0.39 is 51.6 Å². The number of Topliss-reactive ketones (excluding diaryl/α,β-unsaturated/α-hetero) is 1. The number of quaternary nitrogens is 1. The van der Waals surface area contributed by atoms with Gasteiger partial charge in [0.2, 0.25) is 11.8 Å². The Morgan fingerprint density at radius 1 is 1.08 bits per heavy atom. The van der Waals surface area contributed by atoms with Crippen LogP contribution in [0.1, 0.15) is 23.1 Å². The van der Waals surface area contributed by atoms with E-state index in [0.29, 0.717) is 10.6 Å². The summed E-state index contributed by atoms with van der Waals surface area (Å²) in [6.07, 6.45) is -1.70. The molecule has 1 fully saturated rings. The van der Waals surface area contributed by atoms with Gasteiger partial charge in [0.05, 0.1) is 13.1 Å². The maximum Gasteiger partial charge on any atom is 0.438 e. The van der Waals surface area contributed by atoms with E-state index in [9.17, 15) is 24.7 Å². The van der Waals surface area contributed by atoms with Gasteiger partial charge in [0, 0.05) is 6.42 Å². The van der Waals surface area contributed by atoms with Crippen LogP contribution in [0, 0.1) is 0 Å². The van der Waals surface area contributed by atoms with Crippen molar-refractivity contribution in [3.05, 3.63) is 71.3 Å². The van der Waals surface area contributed by atoms with E-state index >= 15 is 0 Å². The van der Waals surface area contributed by atoms with Crippen LogP contribution in [0.25, 0.3) is 0 Å². The molecule has 3 atom stereocenters. The molecule has 0 spiro atoms. The number of ether oxygens (including phenoxy) is 1. The molecule has 10 nitrogen and oxygen atoms in total. The number of carbonyl (C=O) groups excluding carboxylic acids is 3. The van der Waals surface area contributed by atoms with Crippen LogP contribution < -0.4 is 5.11 Å². The number of ketones is 1. The molecule has 0 aromatic heterocycles. The Hall–Kier alpha value is -2.44. The lowest BCUT2D eigenvalue weighted by atomic mass is 9.97. The Kier molecular flexibility index (Phi) is 7.77. The second-order valence-electron chi connectivity index (χ2n) is 8.50. The highest BCUT2D eigenvalue weighted by Gasteiger charge is 2.57. The number of aliphatic carboxylic acids is 1. The van der Waals surface area contributed by atoms with Gasteiger partial charge < -0.3 is 14.6 Å². The minimum atomic E-state index is -2.43. The molecule has 1 N–H and O–H groups in total. The lowest BCUT2D eigenvalue weighted by Crippen LogP contribution is -2.75. The zero-order valence-electron chi connectivity index (χ0n) is 18.8. The molecule has 2 aromatic rings. The van der Waals surface area contributed by atoms with Crippen molar-refractivity contribution in [2.24, 2.45) is 0 Å². The number of alkyl halides is 3. The van der Waals surface area contributed by atoms with Crippen LogP contribution in [0.15, 0.2) is 54.6 Å². The molecule has 1 amide bonds. The number of fused-ring (bicyclic) bond motifs is 1. The van der Waals surface area contributed by atoms with Gasteiger partial charge in [-0.3, -0.25) is 9.63 Å². The van der Waals surface area contributed by atoms with Crippen molar-refractivity contribution in [2.45, 2.75) is 42.2 Å². The quantitative estimate of drug-likeness (QED) is 0.249. The van der Waals surface area contributed by atoms with Crippen molar-refractivity contribution >= 4 is 52.6 Å². The van der Waals surface area contributed by atoms with Crippen LogP contribution in [0.5, 0.6) is 0 Å². The van der Waals surface area contributed by atoms with Gasteiger partial charge >= 0.3 is 10.1 Å². The molecular formula is C23H22Cl3N3O7. The third-order valence-corrected chi connectivity index (χ3v) is 6.33. The number of benzene rings is 2. The summed E-state index contributed by atoms with van der Waals surface area (Å²) in [6, 6.07) is 13.0. The average Bonchev–Trinajstić information content (AvgIpc) is 3.23. The molecule has 0 aliphatic carbocycles. The van der Waals surface area contributed by atoms with Crippen molar-refractivity contribution in [1.82, 2.24) is 10.1 Å². The number of hydroxylamine groups is 4. The van der Waals surface area contributed by atoms with Gasteiger partial charge in [-0.05, 0) is 51.5 Å². The fourth-order valence-corrected chi connectivity index (χ4v) is 4.72. The molecule has 2 aromatic carbocycles.